The van der Waals surface area contributed by atoms with E-state index in [1.54, 1.807) is 11.9 Å². The quantitative estimate of drug-likeness (QED) is 0.622. The fraction of sp³-hybridized carbons (Fsp3) is 0.800. The lowest BCUT2D eigenvalue weighted by atomic mass is 10.1. The van der Waals surface area contributed by atoms with Gasteiger partial charge in [0.2, 0.25) is 5.91 Å². The maximum Gasteiger partial charge on any atom is 0.229 e. The van der Waals surface area contributed by atoms with E-state index in [4.69, 9.17) is 0 Å². The van der Waals surface area contributed by atoms with Gasteiger partial charge in [-0.15, -0.1) is 0 Å². The highest BCUT2D eigenvalue weighted by molar-refractivity contribution is 5.98. The van der Waals surface area contributed by atoms with E-state index in [1.807, 2.05) is 27.7 Å². The lowest BCUT2D eigenvalue weighted by molar-refractivity contribution is -0.136. The Morgan fingerprint density at radius 1 is 1.15 bits per heavy atom. The Balaban J connectivity index is 4.08. The molecule has 0 N–H and O–H groups in total. The second kappa shape index (κ2) is 5.00. The van der Waals surface area contributed by atoms with Gasteiger partial charge >= 0.3 is 0 Å². The molecule has 0 saturated heterocycles. The smallest absolute Gasteiger partial charge is 0.229 e. The molecule has 0 aromatic rings. The van der Waals surface area contributed by atoms with Crippen molar-refractivity contribution < 1.29 is 9.59 Å². The number of carbonyl (C=O) groups is 2. The molecule has 1 amide bonds. The zero-order valence-electron chi connectivity index (χ0n) is 9.13. The molecule has 0 aliphatic heterocycles. The first-order valence-corrected chi connectivity index (χ1v) is 4.64. The first-order valence-electron chi connectivity index (χ1n) is 4.64. The predicted octanol–water partition coefficient (Wildman–Crippen LogP) is 1.47. The lowest BCUT2D eigenvalue weighted by Gasteiger charge is -2.21. The first kappa shape index (κ1) is 12.1. The zero-order chi connectivity index (χ0) is 10.6. The van der Waals surface area contributed by atoms with Gasteiger partial charge in [-0.2, -0.15) is 0 Å². The summed E-state index contributed by atoms with van der Waals surface area (Å²) in [6.07, 6.45) is 0.0341. The molecule has 0 fully saturated rings. The number of Topliss-reactive ketones (excluding diaryl/α,β-unsaturated/α-hetero) is 1. The van der Waals surface area contributed by atoms with Crippen LogP contribution in [-0.2, 0) is 9.59 Å². The molecule has 0 atom stereocenters. The van der Waals surface area contributed by atoms with Gasteiger partial charge in [-0.1, -0.05) is 13.8 Å². The van der Waals surface area contributed by atoms with Crippen molar-refractivity contribution in [3.8, 4) is 0 Å². The molecular weight excluding hydrogens is 166 g/mol. The van der Waals surface area contributed by atoms with Crippen molar-refractivity contribution in [2.45, 2.75) is 40.2 Å². The highest BCUT2D eigenvalue weighted by atomic mass is 16.2. The molecule has 0 aliphatic rings. The van der Waals surface area contributed by atoms with Crippen molar-refractivity contribution >= 4 is 11.7 Å². The Bertz CT molecular complexity index is 197. The summed E-state index contributed by atoms with van der Waals surface area (Å²) in [6.45, 7) is 7.48. The van der Waals surface area contributed by atoms with Crippen LogP contribution in [0.5, 0.6) is 0 Å². The van der Waals surface area contributed by atoms with E-state index < -0.39 is 0 Å². The molecule has 0 spiro atoms. The maximum absolute atomic E-state index is 11.4. The van der Waals surface area contributed by atoms with Crippen LogP contribution in [0.15, 0.2) is 0 Å². The topological polar surface area (TPSA) is 37.4 Å². The Labute approximate surface area is 80.1 Å². The lowest BCUT2D eigenvalue weighted by Crippen LogP contribution is -2.34. The third-order valence-corrected chi connectivity index (χ3v) is 2.14. The first-order chi connectivity index (χ1) is 5.86. The van der Waals surface area contributed by atoms with E-state index >= 15 is 0 Å². The summed E-state index contributed by atoms with van der Waals surface area (Å²) in [4.78, 5) is 24.2. The van der Waals surface area contributed by atoms with E-state index in [2.05, 4.69) is 0 Å². The van der Waals surface area contributed by atoms with Crippen LogP contribution in [0, 0.1) is 5.92 Å². The second-order valence-corrected chi connectivity index (χ2v) is 3.90. The molecule has 0 unspecified atom stereocenters. The Kier molecular flexibility index (Phi) is 4.67. The second-order valence-electron chi connectivity index (χ2n) is 3.90. The molecule has 3 nitrogen and oxygen atoms in total. The largest absolute Gasteiger partial charge is 0.343 e. The molecule has 0 rings (SSSR count). The Morgan fingerprint density at radius 2 is 1.62 bits per heavy atom. The van der Waals surface area contributed by atoms with Gasteiger partial charge in [0.1, 0.15) is 5.78 Å². The summed E-state index contributed by atoms with van der Waals surface area (Å²) in [5, 5.41) is 0. The van der Waals surface area contributed by atoms with Gasteiger partial charge in [-0.05, 0) is 13.8 Å². The van der Waals surface area contributed by atoms with Crippen molar-refractivity contribution in [3.63, 3.8) is 0 Å². The SMILES string of the molecule is CC(C)C(=O)CC(=O)N(C)C(C)C. The average Bonchev–Trinajstić information content (AvgIpc) is 2.02. The number of nitrogens with zero attached hydrogens (tertiary/aromatic N) is 1. The molecule has 0 aromatic carbocycles. The number of carbonyl (C=O) groups excluding carboxylic acids is 2. The van der Waals surface area contributed by atoms with E-state index in [-0.39, 0.29) is 30.1 Å². The van der Waals surface area contributed by atoms with Gasteiger partial charge in [0.05, 0.1) is 6.42 Å². The van der Waals surface area contributed by atoms with Crippen LogP contribution < -0.4 is 0 Å². The van der Waals surface area contributed by atoms with Crippen molar-refractivity contribution in [2.24, 2.45) is 5.92 Å². The fourth-order valence-electron chi connectivity index (χ4n) is 0.766. The van der Waals surface area contributed by atoms with E-state index in [0.717, 1.165) is 0 Å². The van der Waals surface area contributed by atoms with Crippen LogP contribution in [0.25, 0.3) is 0 Å². The number of hydrogen-bond donors (Lipinski definition) is 0. The van der Waals surface area contributed by atoms with Gasteiger partial charge < -0.3 is 4.90 Å². The van der Waals surface area contributed by atoms with Gasteiger partial charge in [0.25, 0.3) is 0 Å². The normalized spacial score (nSPS) is 10.7. The molecule has 0 aromatic heterocycles. The molecule has 0 heterocycles. The summed E-state index contributed by atoms with van der Waals surface area (Å²) in [6, 6.07) is 0.160. The summed E-state index contributed by atoms with van der Waals surface area (Å²) >= 11 is 0. The minimum Gasteiger partial charge on any atom is -0.343 e. The summed E-state index contributed by atoms with van der Waals surface area (Å²) in [7, 11) is 1.72. The molecule has 0 radical (unpaired) electrons. The van der Waals surface area contributed by atoms with Gasteiger partial charge in [0.15, 0.2) is 0 Å². The summed E-state index contributed by atoms with van der Waals surface area (Å²) in [5.74, 6) is -0.129. The van der Waals surface area contributed by atoms with E-state index in [1.165, 1.54) is 0 Å². The van der Waals surface area contributed by atoms with Crippen molar-refractivity contribution in [1.29, 1.82) is 0 Å². The molecule has 0 aliphatic carbocycles. The Hall–Kier alpha value is -0.860. The molecule has 0 saturated carbocycles. The maximum atomic E-state index is 11.4. The number of ketones is 1. The molecular formula is C10H19NO2. The number of hydrogen-bond acceptors (Lipinski definition) is 2. The van der Waals surface area contributed by atoms with Gasteiger partial charge in [-0.25, -0.2) is 0 Å². The van der Waals surface area contributed by atoms with Crippen molar-refractivity contribution in [2.75, 3.05) is 7.05 Å². The molecule has 76 valence electrons. The minimum atomic E-state index is -0.0892. The van der Waals surface area contributed by atoms with Crippen LogP contribution in [0.4, 0.5) is 0 Å². The summed E-state index contributed by atoms with van der Waals surface area (Å²) < 4.78 is 0. The highest BCUT2D eigenvalue weighted by Gasteiger charge is 2.17. The van der Waals surface area contributed by atoms with Crippen LogP contribution >= 0.6 is 0 Å². The molecule has 3 heteroatoms. The monoisotopic (exact) mass is 185 g/mol. The third kappa shape index (κ3) is 4.06. The molecule has 0 bridgehead atoms. The number of amides is 1. The highest BCUT2D eigenvalue weighted by Crippen LogP contribution is 2.03. The Morgan fingerprint density at radius 3 is 1.92 bits per heavy atom. The van der Waals surface area contributed by atoms with E-state index in [0.29, 0.717) is 0 Å². The van der Waals surface area contributed by atoms with Gasteiger partial charge in [0, 0.05) is 19.0 Å². The fourth-order valence-corrected chi connectivity index (χ4v) is 0.766. The summed E-state index contributed by atoms with van der Waals surface area (Å²) in [5.41, 5.74) is 0. The van der Waals surface area contributed by atoms with E-state index in [9.17, 15) is 9.59 Å². The van der Waals surface area contributed by atoms with Crippen LogP contribution in [0.1, 0.15) is 34.1 Å². The zero-order valence-corrected chi connectivity index (χ0v) is 9.13. The third-order valence-electron chi connectivity index (χ3n) is 2.14. The van der Waals surface area contributed by atoms with Gasteiger partial charge in [-0.3, -0.25) is 9.59 Å². The van der Waals surface area contributed by atoms with Crippen molar-refractivity contribution in [1.82, 2.24) is 4.90 Å². The van der Waals surface area contributed by atoms with Crippen molar-refractivity contribution in [3.05, 3.63) is 0 Å². The van der Waals surface area contributed by atoms with Crippen LogP contribution in [-0.4, -0.2) is 29.7 Å². The predicted molar refractivity (Wildman–Crippen MR) is 52.4 cm³/mol. The average molecular weight is 185 g/mol. The molecule has 13 heavy (non-hydrogen) atoms. The standard InChI is InChI=1S/C10H19NO2/c1-7(2)9(12)6-10(13)11(5)8(3)4/h7-8H,6H2,1-5H3. The van der Waals surface area contributed by atoms with Crippen LogP contribution in [0.3, 0.4) is 0 Å². The minimum absolute atomic E-state index is 0.0116. The number of rotatable bonds is 4. The van der Waals surface area contributed by atoms with Crippen LogP contribution in [0.2, 0.25) is 0 Å².